The molecule has 0 spiro atoms. The molecule has 4 heteroatoms. The molecule has 0 amide bonds. The SMILES string of the molecule is O=Cc1ccc(N2CCOCC2)cc1CF. The van der Waals surface area contributed by atoms with Crippen LogP contribution in [-0.4, -0.2) is 32.6 Å². The van der Waals surface area contributed by atoms with E-state index in [0.29, 0.717) is 30.6 Å². The molecular formula is C12H14FNO2. The van der Waals surface area contributed by atoms with Gasteiger partial charge < -0.3 is 9.64 Å². The summed E-state index contributed by atoms with van der Waals surface area (Å²) < 4.78 is 18.0. The minimum absolute atomic E-state index is 0.430. The molecule has 1 heterocycles. The monoisotopic (exact) mass is 223 g/mol. The van der Waals surface area contributed by atoms with E-state index >= 15 is 0 Å². The Labute approximate surface area is 93.8 Å². The van der Waals surface area contributed by atoms with Gasteiger partial charge in [0.05, 0.1) is 13.2 Å². The molecule has 0 saturated carbocycles. The van der Waals surface area contributed by atoms with Crippen molar-refractivity contribution in [3.8, 4) is 0 Å². The lowest BCUT2D eigenvalue weighted by Crippen LogP contribution is -2.36. The van der Waals surface area contributed by atoms with Crippen LogP contribution < -0.4 is 4.90 Å². The first-order valence-electron chi connectivity index (χ1n) is 5.32. The summed E-state index contributed by atoms with van der Waals surface area (Å²) in [6.45, 7) is 2.41. The molecule has 1 aliphatic rings. The topological polar surface area (TPSA) is 29.5 Å². The molecule has 0 unspecified atom stereocenters. The number of benzene rings is 1. The molecule has 0 aromatic heterocycles. The Morgan fingerprint density at radius 1 is 1.38 bits per heavy atom. The van der Waals surface area contributed by atoms with Gasteiger partial charge in [-0.1, -0.05) is 0 Å². The van der Waals surface area contributed by atoms with Crippen LogP contribution in [-0.2, 0) is 11.4 Å². The molecule has 1 saturated heterocycles. The number of rotatable bonds is 3. The Balaban J connectivity index is 2.24. The molecule has 0 N–H and O–H groups in total. The van der Waals surface area contributed by atoms with Crippen molar-refractivity contribution in [2.45, 2.75) is 6.67 Å². The zero-order valence-electron chi connectivity index (χ0n) is 8.99. The number of halogens is 1. The minimum Gasteiger partial charge on any atom is -0.378 e. The van der Waals surface area contributed by atoms with Crippen LogP contribution in [0.3, 0.4) is 0 Å². The van der Waals surface area contributed by atoms with Crippen LogP contribution in [0.5, 0.6) is 0 Å². The average Bonchev–Trinajstić information content (AvgIpc) is 2.39. The summed E-state index contributed by atoms with van der Waals surface area (Å²) in [5, 5.41) is 0. The number of anilines is 1. The van der Waals surface area contributed by atoms with Gasteiger partial charge in [-0.2, -0.15) is 0 Å². The fourth-order valence-corrected chi connectivity index (χ4v) is 1.84. The largest absolute Gasteiger partial charge is 0.378 e. The second-order valence-corrected chi connectivity index (χ2v) is 3.73. The van der Waals surface area contributed by atoms with E-state index < -0.39 is 6.67 Å². The van der Waals surface area contributed by atoms with Crippen LogP contribution >= 0.6 is 0 Å². The lowest BCUT2D eigenvalue weighted by atomic mass is 10.1. The lowest BCUT2D eigenvalue weighted by Gasteiger charge is -2.29. The Morgan fingerprint density at radius 3 is 2.75 bits per heavy atom. The molecule has 1 aromatic carbocycles. The van der Waals surface area contributed by atoms with Crippen LogP contribution in [0.2, 0.25) is 0 Å². The van der Waals surface area contributed by atoms with Crippen LogP contribution in [0.25, 0.3) is 0 Å². The second kappa shape index (κ2) is 5.07. The van der Waals surface area contributed by atoms with Crippen molar-refractivity contribution < 1.29 is 13.9 Å². The predicted octanol–water partition coefficient (Wildman–Crippen LogP) is 1.81. The van der Waals surface area contributed by atoms with E-state index in [2.05, 4.69) is 4.90 Å². The summed E-state index contributed by atoms with van der Waals surface area (Å²) >= 11 is 0. The van der Waals surface area contributed by atoms with E-state index in [9.17, 15) is 9.18 Å². The van der Waals surface area contributed by atoms with Gasteiger partial charge in [0.1, 0.15) is 13.0 Å². The highest BCUT2D eigenvalue weighted by molar-refractivity contribution is 5.78. The van der Waals surface area contributed by atoms with Crippen LogP contribution in [0.1, 0.15) is 15.9 Å². The number of nitrogens with zero attached hydrogens (tertiary/aromatic N) is 1. The summed E-state index contributed by atoms with van der Waals surface area (Å²) in [5.41, 5.74) is 1.85. The summed E-state index contributed by atoms with van der Waals surface area (Å²) in [5.74, 6) is 0. The van der Waals surface area contributed by atoms with Crippen molar-refractivity contribution in [3.63, 3.8) is 0 Å². The molecule has 0 atom stereocenters. The molecule has 1 aliphatic heterocycles. The van der Waals surface area contributed by atoms with Crippen molar-refractivity contribution >= 4 is 12.0 Å². The van der Waals surface area contributed by atoms with Crippen LogP contribution in [0.15, 0.2) is 18.2 Å². The van der Waals surface area contributed by atoms with Crippen molar-refractivity contribution in [3.05, 3.63) is 29.3 Å². The Bertz CT molecular complexity index is 375. The fraction of sp³-hybridized carbons (Fsp3) is 0.417. The summed E-state index contributed by atoms with van der Waals surface area (Å²) in [4.78, 5) is 12.8. The highest BCUT2D eigenvalue weighted by Crippen LogP contribution is 2.20. The van der Waals surface area contributed by atoms with Gasteiger partial charge in [-0.3, -0.25) is 4.79 Å². The number of aldehydes is 1. The molecule has 86 valence electrons. The van der Waals surface area contributed by atoms with Crippen molar-refractivity contribution in [1.29, 1.82) is 0 Å². The third kappa shape index (κ3) is 2.22. The molecule has 1 aromatic rings. The quantitative estimate of drug-likeness (QED) is 0.732. The van der Waals surface area contributed by atoms with Gasteiger partial charge in [0, 0.05) is 24.3 Å². The predicted molar refractivity (Wildman–Crippen MR) is 59.7 cm³/mol. The van der Waals surface area contributed by atoms with Crippen LogP contribution in [0, 0.1) is 0 Å². The van der Waals surface area contributed by atoms with Crippen molar-refractivity contribution in [2.75, 3.05) is 31.2 Å². The zero-order valence-corrected chi connectivity index (χ0v) is 8.99. The zero-order chi connectivity index (χ0) is 11.4. The molecule has 1 fully saturated rings. The third-order valence-electron chi connectivity index (χ3n) is 2.77. The van der Waals surface area contributed by atoms with E-state index in [-0.39, 0.29) is 0 Å². The Hall–Kier alpha value is -1.42. The number of carbonyl (C=O) groups is 1. The Kier molecular flexibility index (Phi) is 3.51. The average molecular weight is 223 g/mol. The van der Waals surface area contributed by atoms with Crippen molar-refractivity contribution in [1.82, 2.24) is 0 Å². The second-order valence-electron chi connectivity index (χ2n) is 3.73. The van der Waals surface area contributed by atoms with Crippen molar-refractivity contribution in [2.24, 2.45) is 0 Å². The van der Waals surface area contributed by atoms with E-state index in [1.165, 1.54) is 0 Å². The molecule has 0 aliphatic carbocycles. The van der Waals surface area contributed by atoms with Gasteiger partial charge in [0.25, 0.3) is 0 Å². The molecule has 3 nitrogen and oxygen atoms in total. The number of ether oxygens (including phenoxy) is 1. The summed E-state index contributed by atoms with van der Waals surface area (Å²) in [7, 11) is 0. The number of carbonyl (C=O) groups excluding carboxylic acids is 1. The van der Waals surface area contributed by atoms with E-state index in [1.54, 1.807) is 12.1 Å². The third-order valence-corrected chi connectivity index (χ3v) is 2.77. The van der Waals surface area contributed by atoms with E-state index in [4.69, 9.17) is 4.74 Å². The maximum atomic E-state index is 12.7. The van der Waals surface area contributed by atoms with Gasteiger partial charge in [0.15, 0.2) is 0 Å². The molecule has 2 rings (SSSR count). The molecule has 16 heavy (non-hydrogen) atoms. The van der Waals surface area contributed by atoms with E-state index in [0.717, 1.165) is 18.8 Å². The first-order chi connectivity index (χ1) is 7.85. The minimum atomic E-state index is -0.605. The van der Waals surface area contributed by atoms with E-state index in [1.807, 2.05) is 6.07 Å². The molecule has 0 bridgehead atoms. The fourth-order valence-electron chi connectivity index (χ4n) is 1.84. The number of alkyl halides is 1. The summed E-state index contributed by atoms with van der Waals surface area (Å²) in [6, 6.07) is 5.27. The number of hydrogen-bond acceptors (Lipinski definition) is 3. The highest BCUT2D eigenvalue weighted by atomic mass is 19.1. The maximum Gasteiger partial charge on any atom is 0.150 e. The first kappa shape index (κ1) is 11.1. The van der Waals surface area contributed by atoms with Gasteiger partial charge >= 0.3 is 0 Å². The van der Waals surface area contributed by atoms with Gasteiger partial charge in [-0.05, 0) is 23.8 Å². The van der Waals surface area contributed by atoms with Gasteiger partial charge in [-0.15, -0.1) is 0 Å². The molecular weight excluding hydrogens is 209 g/mol. The van der Waals surface area contributed by atoms with Gasteiger partial charge in [-0.25, -0.2) is 4.39 Å². The first-order valence-corrected chi connectivity index (χ1v) is 5.32. The lowest BCUT2D eigenvalue weighted by molar-refractivity contribution is 0.112. The normalized spacial score (nSPS) is 16.2. The number of morpholine rings is 1. The standard InChI is InChI=1S/C12H14FNO2/c13-8-11-7-12(2-1-10(11)9-15)14-3-5-16-6-4-14/h1-2,7,9H,3-6,8H2. The highest BCUT2D eigenvalue weighted by Gasteiger charge is 2.12. The number of hydrogen-bond donors (Lipinski definition) is 0. The maximum absolute atomic E-state index is 12.7. The Morgan fingerprint density at radius 2 is 2.12 bits per heavy atom. The smallest absolute Gasteiger partial charge is 0.150 e. The summed E-state index contributed by atoms with van der Waals surface area (Å²) in [6.07, 6.45) is 0.692. The van der Waals surface area contributed by atoms with Crippen LogP contribution in [0.4, 0.5) is 10.1 Å². The molecule has 0 radical (unpaired) electrons. The van der Waals surface area contributed by atoms with Gasteiger partial charge in [0.2, 0.25) is 0 Å².